The predicted octanol–water partition coefficient (Wildman–Crippen LogP) is 4.09. The number of hydrogen-bond acceptors (Lipinski definition) is 6. The van der Waals surface area contributed by atoms with Crippen molar-refractivity contribution in [2.75, 3.05) is 25.0 Å². The van der Waals surface area contributed by atoms with E-state index < -0.39 is 0 Å². The molecule has 150 valence electrons. The Morgan fingerprint density at radius 3 is 2.59 bits per heavy atom. The average Bonchev–Trinajstić information content (AvgIpc) is 3.39. The number of aromatic nitrogens is 3. The lowest BCUT2D eigenvalue weighted by Gasteiger charge is -2.21. The highest BCUT2D eigenvalue weighted by atomic mass is 32.1. The third-order valence-corrected chi connectivity index (χ3v) is 6.50. The van der Waals surface area contributed by atoms with Crippen LogP contribution in [0.5, 0.6) is 0 Å². The minimum atomic E-state index is 0.0221. The third-order valence-electron chi connectivity index (χ3n) is 5.48. The molecule has 29 heavy (non-hydrogen) atoms. The van der Waals surface area contributed by atoms with Crippen molar-refractivity contribution in [2.24, 2.45) is 0 Å². The average molecular weight is 408 g/mol. The van der Waals surface area contributed by atoms with Crippen LogP contribution in [0.4, 0.5) is 5.95 Å². The van der Waals surface area contributed by atoms with Gasteiger partial charge in [-0.2, -0.15) is 0 Å². The number of carbonyl (C=O) groups is 1. The summed E-state index contributed by atoms with van der Waals surface area (Å²) in [5, 5.41) is 1.95. The SMILES string of the molecule is Cc1scc(C(=O)N(C)Cc2nc(N3CCCC3)ncc2-c2ccncc2)c1C. The molecule has 0 aliphatic carbocycles. The van der Waals surface area contributed by atoms with E-state index in [1.165, 1.54) is 17.7 Å². The lowest BCUT2D eigenvalue weighted by Crippen LogP contribution is -2.28. The van der Waals surface area contributed by atoms with Crippen LogP contribution in [0.15, 0.2) is 36.1 Å². The van der Waals surface area contributed by atoms with Gasteiger partial charge in [-0.05, 0) is 49.9 Å². The molecule has 0 unspecified atom stereocenters. The van der Waals surface area contributed by atoms with E-state index >= 15 is 0 Å². The number of anilines is 1. The van der Waals surface area contributed by atoms with Gasteiger partial charge in [0.15, 0.2) is 0 Å². The molecule has 7 heteroatoms. The molecule has 0 aromatic carbocycles. The van der Waals surface area contributed by atoms with Crippen molar-refractivity contribution in [1.29, 1.82) is 0 Å². The minimum Gasteiger partial charge on any atom is -0.341 e. The van der Waals surface area contributed by atoms with Crippen molar-refractivity contribution >= 4 is 23.2 Å². The predicted molar refractivity (Wildman–Crippen MR) is 116 cm³/mol. The summed E-state index contributed by atoms with van der Waals surface area (Å²) in [5.41, 5.74) is 4.63. The third kappa shape index (κ3) is 4.00. The van der Waals surface area contributed by atoms with Crippen molar-refractivity contribution in [2.45, 2.75) is 33.2 Å². The molecule has 0 radical (unpaired) electrons. The van der Waals surface area contributed by atoms with Gasteiger partial charge in [0.1, 0.15) is 0 Å². The number of aryl methyl sites for hydroxylation is 1. The summed E-state index contributed by atoms with van der Waals surface area (Å²) >= 11 is 1.62. The van der Waals surface area contributed by atoms with E-state index in [2.05, 4.69) is 14.9 Å². The summed E-state index contributed by atoms with van der Waals surface area (Å²) in [7, 11) is 1.84. The maximum atomic E-state index is 13.0. The molecule has 6 nitrogen and oxygen atoms in total. The van der Waals surface area contributed by atoms with Crippen LogP contribution in [0, 0.1) is 13.8 Å². The molecule has 1 amide bonds. The van der Waals surface area contributed by atoms with E-state index in [4.69, 9.17) is 4.98 Å². The zero-order valence-corrected chi connectivity index (χ0v) is 17.9. The molecule has 4 heterocycles. The number of thiophene rings is 1. The summed E-state index contributed by atoms with van der Waals surface area (Å²) in [5.74, 6) is 0.771. The lowest BCUT2D eigenvalue weighted by atomic mass is 10.1. The molecule has 1 aliphatic rings. The first kappa shape index (κ1) is 19.5. The zero-order chi connectivity index (χ0) is 20.4. The van der Waals surface area contributed by atoms with Gasteiger partial charge < -0.3 is 9.80 Å². The van der Waals surface area contributed by atoms with Crippen LogP contribution in [0.25, 0.3) is 11.1 Å². The Hall–Kier alpha value is -2.80. The van der Waals surface area contributed by atoms with Gasteiger partial charge in [0.25, 0.3) is 5.91 Å². The van der Waals surface area contributed by atoms with Crippen LogP contribution in [0.3, 0.4) is 0 Å². The van der Waals surface area contributed by atoms with Crippen molar-refractivity contribution in [3.8, 4) is 11.1 Å². The Morgan fingerprint density at radius 1 is 1.21 bits per heavy atom. The molecule has 0 N–H and O–H groups in total. The lowest BCUT2D eigenvalue weighted by molar-refractivity contribution is 0.0783. The monoisotopic (exact) mass is 407 g/mol. The van der Waals surface area contributed by atoms with E-state index in [1.807, 2.05) is 44.6 Å². The number of nitrogens with zero attached hydrogens (tertiary/aromatic N) is 5. The number of pyridine rings is 1. The van der Waals surface area contributed by atoms with Gasteiger partial charge in [0, 0.05) is 54.5 Å². The van der Waals surface area contributed by atoms with Crippen LogP contribution < -0.4 is 4.90 Å². The number of hydrogen-bond donors (Lipinski definition) is 0. The van der Waals surface area contributed by atoms with Gasteiger partial charge in [-0.3, -0.25) is 9.78 Å². The Labute approximate surface area is 175 Å². The Morgan fingerprint density at radius 2 is 1.93 bits per heavy atom. The first-order valence-corrected chi connectivity index (χ1v) is 10.7. The Kier molecular flexibility index (Phi) is 5.58. The summed E-state index contributed by atoms with van der Waals surface area (Å²) in [6.07, 6.45) is 7.74. The number of amides is 1. The maximum absolute atomic E-state index is 13.0. The summed E-state index contributed by atoms with van der Waals surface area (Å²) in [4.78, 5) is 31.8. The van der Waals surface area contributed by atoms with Gasteiger partial charge in [-0.25, -0.2) is 9.97 Å². The molecule has 1 aliphatic heterocycles. The van der Waals surface area contributed by atoms with Crippen molar-refractivity contribution in [3.05, 3.63) is 57.8 Å². The minimum absolute atomic E-state index is 0.0221. The molecule has 1 fully saturated rings. The summed E-state index contributed by atoms with van der Waals surface area (Å²) in [6, 6.07) is 3.90. The van der Waals surface area contributed by atoms with Gasteiger partial charge in [0.05, 0.1) is 17.8 Å². The van der Waals surface area contributed by atoms with Crippen molar-refractivity contribution in [1.82, 2.24) is 19.9 Å². The highest BCUT2D eigenvalue weighted by molar-refractivity contribution is 7.10. The second-order valence-electron chi connectivity index (χ2n) is 7.45. The number of rotatable bonds is 5. The zero-order valence-electron chi connectivity index (χ0n) is 17.1. The van der Waals surface area contributed by atoms with Gasteiger partial charge in [0.2, 0.25) is 5.95 Å². The molecule has 1 saturated heterocycles. The molecule has 0 bridgehead atoms. The smallest absolute Gasteiger partial charge is 0.255 e. The molecule has 0 spiro atoms. The topological polar surface area (TPSA) is 62.2 Å². The van der Waals surface area contributed by atoms with E-state index in [1.54, 1.807) is 28.6 Å². The van der Waals surface area contributed by atoms with E-state index in [0.29, 0.717) is 6.54 Å². The Bertz CT molecular complexity index is 1010. The number of carbonyl (C=O) groups excluding carboxylic acids is 1. The standard InChI is InChI=1S/C22H25N5OS/c1-15-16(2)29-14-19(15)21(28)26(3)13-20-18(17-6-8-23-9-7-17)12-24-22(25-20)27-10-4-5-11-27/h6-9,12,14H,4-5,10-11,13H2,1-3H3. The van der Waals surface area contributed by atoms with Crippen LogP contribution >= 0.6 is 11.3 Å². The van der Waals surface area contributed by atoms with Crippen LogP contribution in [-0.2, 0) is 6.54 Å². The largest absolute Gasteiger partial charge is 0.341 e. The Balaban J connectivity index is 1.67. The first-order valence-electron chi connectivity index (χ1n) is 9.86. The highest BCUT2D eigenvalue weighted by Crippen LogP contribution is 2.27. The fourth-order valence-electron chi connectivity index (χ4n) is 3.60. The second-order valence-corrected chi connectivity index (χ2v) is 8.54. The van der Waals surface area contributed by atoms with Crippen molar-refractivity contribution in [3.63, 3.8) is 0 Å². The normalized spacial score (nSPS) is 13.7. The molecule has 0 atom stereocenters. The molecular weight excluding hydrogens is 382 g/mol. The maximum Gasteiger partial charge on any atom is 0.255 e. The second kappa shape index (κ2) is 8.29. The van der Waals surface area contributed by atoms with E-state index in [-0.39, 0.29) is 5.91 Å². The molecule has 4 rings (SSSR count). The van der Waals surface area contributed by atoms with E-state index in [9.17, 15) is 4.79 Å². The molecule has 3 aromatic heterocycles. The summed E-state index contributed by atoms with van der Waals surface area (Å²) in [6.45, 7) is 6.44. The molecule has 0 saturated carbocycles. The summed E-state index contributed by atoms with van der Waals surface area (Å²) < 4.78 is 0. The van der Waals surface area contributed by atoms with Gasteiger partial charge in [-0.1, -0.05) is 0 Å². The van der Waals surface area contributed by atoms with Gasteiger partial charge >= 0.3 is 0 Å². The van der Waals surface area contributed by atoms with Crippen molar-refractivity contribution < 1.29 is 4.79 Å². The molecule has 3 aromatic rings. The van der Waals surface area contributed by atoms with Gasteiger partial charge in [-0.15, -0.1) is 11.3 Å². The first-order chi connectivity index (χ1) is 14.0. The molecular formula is C22H25N5OS. The highest BCUT2D eigenvalue weighted by Gasteiger charge is 2.21. The van der Waals surface area contributed by atoms with E-state index in [0.717, 1.165) is 47.0 Å². The van der Waals surface area contributed by atoms with Crippen LogP contribution in [0.2, 0.25) is 0 Å². The fraction of sp³-hybridized carbons (Fsp3) is 0.364. The van der Waals surface area contributed by atoms with Crippen LogP contribution in [-0.4, -0.2) is 45.9 Å². The fourth-order valence-corrected chi connectivity index (χ4v) is 4.45. The quantitative estimate of drug-likeness (QED) is 0.637. The van der Waals surface area contributed by atoms with Crippen LogP contribution in [0.1, 0.15) is 39.3 Å².